The van der Waals surface area contributed by atoms with Crippen molar-refractivity contribution in [2.75, 3.05) is 23.4 Å². The largest absolute Gasteiger partial charge is 0.477 e. The molecule has 2 aliphatic rings. The predicted molar refractivity (Wildman–Crippen MR) is 128 cm³/mol. The van der Waals surface area contributed by atoms with Gasteiger partial charge in [-0.15, -0.1) is 11.8 Å². The lowest BCUT2D eigenvalue weighted by Crippen LogP contribution is -2.71. The number of carbonyl (C=O) groups is 4. The molecule has 0 aliphatic carbocycles. The highest BCUT2D eigenvalue weighted by Crippen LogP contribution is 2.40. The van der Waals surface area contributed by atoms with Crippen LogP contribution in [0.4, 0.5) is 10.8 Å². The molecule has 2 aromatic heterocycles. The quantitative estimate of drug-likeness (QED) is 0.0983. The lowest BCUT2D eigenvalue weighted by atomic mass is 10.0. The fourth-order valence-electron chi connectivity index (χ4n) is 3.65. The van der Waals surface area contributed by atoms with E-state index in [4.69, 9.17) is 10.6 Å². The highest BCUT2D eigenvalue weighted by Gasteiger charge is 2.54. The number of amides is 3. The molecule has 2 aliphatic heterocycles. The molecule has 1 unspecified atom stereocenters. The maximum absolute atomic E-state index is 13.0. The maximum atomic E-state index is 13.0. The number of nitrogens with zero attached hydrogens (tertiary/aromatic N) is 5. The van der Waals surface area contributed by atoms with Gasteiger partial charge in [0.1, 0.15) is 29.4 Å². The first-order valence-electron chi connectivity index (χ1n) is 10.5. The Morgan fingerprint density at radius 1 is 1.47 bits per heavy atom. The first-order chi connectivity index (χ1) is 17.3. The second kappa shape index (κ2) is 10.7. The van der Waals surface area contributed by atoms with Crippen LogP contribution in [0.1, 0.15) is 12.7 Å². The number of aromatic nitrogens is 3. The van der Waals surface area contributed by atoms with Crippen LogP contribution in [-0.2, 0) is 30.6 Å². The number of hydrogen-bond acceptors (Lipinski definition) is 11. The predicted octanol–water partition coefficient (Wildman–Crippen LogP) is -0.844. The summed E-state index contributed by atoms with van der Waals surface area (Å²) >= 11 is 2.20. The van der Waals surface area contributed by atoms with Crippen molar-refractivity contribution in [1.82, 2.24) is 19.6 Å². The number of thioether (sulfide) groups is 1. The van der Waals surface area contributed by atoms with E-state index in [2.05, 4.69) is 25.1 Å². The van der Waals surface area contributed by atoms with Crippen molar-refractivity contribution in [2.24, 2.45) is 5.16 Å². The molecule has 3 amide bonds. The van der Waals surface area contributed by atoms with Crippen molar-refractivity contribution in [3.63, 3.8) is 0 Å². The van der Waals surface area contributed by atoms with E-state index < -0.39 is 29.2 Å². The van der Waals surface area contributed by atoms with Gasteiger partial charge in [-0.25, -0.2) is 4.79 Å². The van der Waals surface area contributed by atoms with Crippen molar-refractivity contribution in [1.29, 1.82) is 0 Å². The highest BCUT2D eigenvalue weighted by atomic mass is 32.2. The molecular formula is C20H21N8O6S2+. The van der Waals surface area contributed by atoms with Gasteiger partial charge in [0.05, 0.1) is 0 Å². The summed E-state index contributed by atoms with van der Waals surface area (Å²) in [7, 11) is 0. The molecule has 16 heteroatoms. The van der Waals surface area contributed by atoms with Crippen LogP contribution >= 0.6 is 23.3 Å². The van der Waals surface area contributed by atoms with Gasteiger partial charge in [-0.1, -0.05) is 5.16 Å². The van der Waals surface area contributed by atoms with E-state index in [1.165, 1.54) is 16.7 Å². The third-order valence-electron chi connectivity index (χ3n) is 5.15. The van der Waals surface area contributed by atoms with Gasteiger partial charge in [-0.05, 0) is 13.0 Å². The molecule has 1 fully saturated rings. The van der Waals surface area contributed by atoms with Crippen LogP contribution in [0, 0.1) is 0 Å². The zero-order chi connectivity index (χ0) is 25.8. The van der Waals surface area contributed by atoms with Crippen molar-refractivity contribution in [2.45, 2.75) is 24.9 Å². The molecule has 0 aromatic carbocycles. The molecule has 5 N–H and O–H groups in total. The van der Waals surface area contributed by atoms with Crippen LogP contribution in [0.3, 0.4) is 0 Å². The Labute approximate surface area is 212 Å². The zero-order valence-electron chi connectivity index (χ0n) is 18.8. The van der Waals surface area contributed by atoms with Gasteiger partial charge in [0.2, 0.25) is 17.9 Å². The number of nitrogen functional groups attached to an aromatic ring is 1. The van der Waals surface area contributed by atoms with Gasteiger partial charge in [-0.3, -0.25) is 19.3 Å². The Balaban J connectivity index is 1.53. The summed E-state index contributed by atoms with van der Waals surface area (Å²) in [5.41, 5.74) is 6.27. The van der Waals surface area contributed by atoms with Crippen LogP contribution in [-0.4, -0.2) is 73.0 Å². The first-order valence-corrected chi connectivity index (χ1v) is 12.4. The molecule has 2 aromatic rings. The monoisotopic (exact) mass is 533 g/mol. The molecule has 36 heavy (non-hydrogen) atoms. The van der Waals surface area contributed by atoms with E-state index in [-0.39, 0.29) is 35.5 Å². The lowest BCUT2D eigenvalue weighted by Gasteiger charge is -2.49. The molecule has 4 rings (SSSR count). The van der Waals surface area contributed by atoms with Gasteiger partial charge in [0, 0.05) is 28.9 Å². The van der Waals surface area contributed by atoms with E-state index >= 15 is 0 Å². The van der Waals surface area contributed by atoms with E-state index in [1.54, 1.807) is 36.0 Å². The summed E-state index contributed by atoms with van der Waals surface area (Å²) in [6.07, 6.45) is 3.91. The Morgan fingerprint density at radius 3 is 2.94 bits per heavy atom. The number of nitrogens with two attached hydrogens (primary N) is 1. The number of pyridine rings is 1. The van der Waals surface area contributed by atoms with Gasteiger partial charge in [0.15, 0.2) is 24.1 Å². The van der Waals surface area contributed by atoms with E-state index in [1.807, 2.05) is 0 Å². The van der Waals surface area contributed by atoms with Gasteiger partial charge >= 0.3 is 5.97 Å². The summed E-state index contributed by atoms with van der Waals surface area (Å²) in [6, 6.07) is 2.42. The fraction of sp³-hybridized carbons (Fsp3) is 0.300. The SMILES string of the molecule is CCON=C(C(=O)NC1C(=O)N2C(C(=O)O)=C(C[n+]3cccc(NC=O)c3)CS[C@@H]12)c1nsc(N)n1. The van der Waals surface area contributed by atoms with E-state index in [0.717, 1.165) is 11.5 Å². The molecule has 1 saturated heterocycles. The number of β-lactam (4-membered cyclic amide) rings is 1. The van der Waals surface area contributed by atoms with Gasteiger partial charge < -0.3 is 26.3 Å². The van der Waals surface area contributed by atoms with Crippen molar-refractivity contribution in [3.8, 4) is 0 Å². The normalized spacial score (nSPS) is 19.3. The van der Waals surface area contributed by atoms with Crippen LogP contribution in [0.15, 0.2) is 41.0 Å². The topological polar surface area (TPSA) is 193 Å². The molecule has 188 valence electrons. The average Bonchev–Trinajstić information content (AvgIpc) is 3.28. The molecule has 14 nitrogen and oxygen atoms in total. The first kappa shape index (κ1) is 25.1. The number of nitrogens with one attached hydrogen (secondary N) is 2. The molecule has 0 spiro atoms. The average molecular weight is 534 g/mol. The molecule has 0 saturated carbocycles. The highest BCUT2D eigenvalue weighted by molar-refractivity contribution is 8.00. The summed E-state index contributed by atoms with van der Waals surface area (Å²) in [5, 5.41) is 18.3. The van der Waals surface area contributed by atoms with Crippen molar-refractivity contribution < 1.29 is 33.7 Å². The Kier molecular flexibility index (Phi) is 7.44. The summed E-state index contributed by atoms with van der Waals surface area (Å²) in [5.74, 6) is -2.30. The Hall–Kier alpha value is -4.05. The lowest BCUT2D eigenvalue weighted by molar-refractivity contribution is -0.688. The molecule has 2 atom stereocenters. The zero-order valence-corrected chi connectivity index (χ0v) is 20.4. The Morgan fingerprint density at radius 2 is 2.28 bits per heavy atom. The number of carbonyl (C=O) groups excluding carboxylic acids is 3. The standard InChI is InChI=1S/C20H20N8O6S2/c1-2-34-25-12(15-24-20(21)36-26-15)16(30)23-13-17(31)28-14(19(32)33)10(8-35-18(13)28)6-27-5-3-4-11(7-27)22-9-29/h3-5,7,9,13,18H,2,6,8H2,1H3,(H4-,21,22,23,24,26,29,30,32,33)/p+1/t13?,18-/m0/s1. The number of hydrogen-bond donors (Lipinski definition) is 4. The number of oxime groups is 1. The number of rotatable bonds is 10. The Bertz CT molecular complexity index is 1280. The smallest absolute Gasteiger partial charge is 0.352 e. The second-order valence-corrected chi connectivity index (χ2v) is 9.35. The third kappa shape index (κ3) is 4.99. The third-order valence-corrected chi connectivity index (χ3v) is 7.03. The second-order valence-electron chi connectivity index (χ2n) is 7.46. The van der Waals surface area contributed by atoms with E-state index in [0.29, 0.717) is 23.4 Å². The van der Waals surface area contributed by atoms with Crippen molar-refractivity contribution >= 4 is 64.0 Å². The van der Waals surface area contributed by atoms with Crippen molar-refractivity contribution in [3.05, 3.63) is 41.6 Å². The molecule has 4 heterocycles. The minimum atomic E-state index is -1.25. The van der Waals surface area contributed by atoms with Crippen LogP contribution in [0.2, 0.25) is 0 Å². The number of carboxylic acids is 1. The fourth-order valence-corrected chi connectivity index (χ4v) is 5.42. The minimum absolute atomic E-state index is 0.0416. The molecule has 0 radical (unpaired) electrons. The van der Waals surface area contributed by atoms with Gasteiger partial charge in [0.25, 0.3) is 11.8 Å². The number of anilines is 2. The summed E-state index contributed by atoms with van der Waals surface area (Å²) in [4.78, 5) is 58.8. The number of aliphatic carboxylic acids is 1. The van der Waals surface area contributed by atoms with Crippen LogP contribution in [0.5, 0.6) is 0 Å². The number of fused-ring (bicyclic) bond motifs is 1. The maximum Gasteiger partial charge on any atom is 0.352 e. The minimum Gasteiger partial charge on any atom is -0.477 e. The van der Waals surface area contributed by atoms with Crippen LogP contribution in [0.25, 0.3) is 0 Å². The summed E-state index contributed by atoms with van der Waals surface area (Å²) in [6.45, 7) is 2.06. The number of carboxylic acid groups (broad SMARTS) is 1. The van der Waals surface area contributed by atoms with Crippen LogP contribution < -0.4 is 20.9 Å². The van der Waals surface area contributed by atoms with Gasteiger partial charge in [-0.2, -0.15) is 13.9 Å². The van der Waals surface area contributed by atoms with E-state index in [9.17, 15) is 24.3 Å². The summed E-state index contributed by atoms with van der Waals surface area (Å²) < 4.78 is 5.67. The molecule has 0 bridgehead atoms. The molecular weight excluding hydrogens is 512 g/mol.